The molecular formula is C22H29N7O2. The predicted molar refractivity (Wildman–Crippen MR) is 121 cm³/mol. The van der Waals surface area contributed by atoms with Crippen LogP contribution in [0.4, 0.5) is 10.6 Å². The molecular weight excluding hydrogens is 394 g/mol. The van der Waals surface area contributed by atoms with Gasteiger partial charge in [0.2, 0.25) is 0 Å². The van der Waals surface area contributed by atoms with E-state index in [9.17, 15) is 4.79 Å². The molecule has 0 atom stereocenters. The molecule has 31 heavy (non-hydrogen) atoms. The Bertz CT molecular complexity index is 1020. The number of hydrogen-bond donors (Lipinski definition) is 3. The number of aromatic nitrogens is 3. The Kier molecular flexibility index (Phi) is 6.63. The molecule has 0 spiro atoms. The largest absolute Gasteiger partial charge is 0.410 e. The number of likely N-dealkylation sites (N-methyl/N-ethyl adjacent to an activating group) is 1. The molecule has 4 rings (SSSR count). The molecule has 0 unspecified atom stereocenters. The number of nitrogens with two attached hydrogens (primary N) is 1. The molecule has 4 N–H and O–H groups in total. The summed E-state index contributed by atoms with van der Waals surface area (Å²) in [5, 5.41) is 3.39. The number of amides is 1. The summed E-state index contributed by atoms with van der Waals surface area (Å²) in [7, 11) is 2.19. The lowest BCUT2D eigenvalue weighted by Gasteiger charge is -2.20. The molecule has 3 aromatic rings. The van der Waals surface area contributed by atoms with Crippen molar-refractivity contribution in [2.24, 2.45) is 5.73 Å². The maximum atomic E-state index is 11.1. The monoisotopic (exact) mass is 423 g/mol. The lowest BCUT2D eigenvalue weighted by Crippen LogP contribution is -2.30. The van der Waals surface area contributed by atoms with E-state index in [1.165, 1.54) is 19.5 Å². The van der Waals surface area contributed by atoms with E-state index in [0.29, 0.717) is 17.1 Å². The van der Waals surface area contributed by atoms with E-state index in [1.807, 2.05) is 18.2 Å². The van der Waals surface area contributed by atoms with Crippen molar-refractivity contribution in [1.29, 1.82) is 0 Å². The van der Waals surface area contributed by atoms with Crippen LogP contribution in [0, 0.1) is 0 Å². The molecule has 1 fully saturated rings. The number of anilines is 1. The van der Waals surface area contributed by atoms with Gasteiger partial charge in [-0.25, -0.2) is 14.8 Å². The van der Waals surface area contributed by atoms with Crippen molar-refractivity contribution in [3.63, 3.8) is 0 Å². The Morgan fingerprint density at radius 3 is 2.94 bits per heavy atom. The molecule has 0 aliphatic carbocycles. The summed E-state index contributed by atoms with van der Waals surface area (Å²) in [6.45, 7) is 6.66. The third-order valence-corrected chi connectivity index (χ3v) is 5.49. The Morgan fingerprint density at radius 1 is 1.23 bits per heavy atom. The first-order valence-corrected chi connectivity index (χ1v) is 10.7. The van der Waals surface area contributed by atoms with E-state index in [0.717, 1.165) is 49.5 Å². The molecule has 0 radical (unpaired) electrons. The molecule has 0 saturated carbocycles. The number of hydrogen-bond acceptors (Lipinski definition) is 7. The molecule has 1 amide bonds. The van der Waals surface area contributed by atoms with E-state index in [4.69, 9.17) is 10.5 Å². The minimum Gasteiger partial charge on any atom is -0.408 e. The maximum Gasteiger partial charge on any atom is 0.410 e. The Balaban J connectivity index is 1.32. The van der Waals surface area contributed by atoms with Crippen molar-refractivity contribution in [3.05, 3.63) is 36.5 Å². The summed E-state index contributed by atoms with van der Waals surface area (Å²) in [6, 6.07) is 9.21. The number of imidazole rings is 1. The standard InChI is InChI=1S/C22H29N7O2/c1-28-10-4-12-29(14-13-28)11-3-9-24-19-8-7-16(15-25-19)21-26-17-5-2-6-18(20(17)27-21)31-22(23)30/h2,5-8,15H,3-4,9-14H2,1H3,(H2,23,30)(H,24,25)(H,26,27). The van der Waals surface area contributed by atoms with Crippen molar-refractivity contribution in [3.8, 4) is 17.1 Å². The average molecular weight is 424 g/mol. The molecule has 1 aliphatic rings. The smallest absolute Gasteiger partial charge is 0.408 e. The van der Waals surface area contributed by atoms with Crippen LogP contribution in [0.15, 0.2) is 36.5 Å². The first-order valence-electron chi connectivity index (χ1n) is 10.7. The topological polar surface area (TPSA) is 112 Å². The number of nitrogens with one attached hydrogen (secondary N) is 2. The number of carbonyl (C=O) groups excluding carboxylic acids is 1. The summed E-state index contributed by atoms with van der Waals surface area (Å²) < 4.78 is 5.03. The number of aromatic amines is 1. The van der Waals surface area contributed by atoms with Gasteiger partial charge in [-0.2, -0.15) is 0 Å². The van der Waals surface area contributed by atoms with Crippen LogP contribution in [0.2, 0.25) is 0 Å². The van der Waals surface area contributed by atoms with Gasteiger partial charge in [0.15, 0.2) is 5.75 Å². The van der Waals surface area contributed by atoms with Gasteiger partial charge in [0.1, 0.15) is 17.2 Å². The zero-order valence-corrected chi connectivity index (χ0v) is 17.8. The fourth-order valence-electron chi connectivity index (χ4n) is 3.81. The molecule has 164 valence electrons. The second-order valence-corrected chi connectivity index (χ2v) is 7.87. The van der Waals surface area contributed by atoms with E-state index in [2.05, 4.69) is 37.1 Å². The minimum absolute atomic E-state index is 0.329. The van der Waals surface area contributed by atoms with Gasteiger partial charge in [-0.3, -0.25) is 0 Å². The SMILES string of the molecule is CN1CCCN(CCCNc2ccc(-c3nc4c(OC(N)=O)cccc4[nH]3)cn2)CC1. The quantitative estimate of drug-likeness (QED) is 0.501. The Labute approximate surface area is 181 Å². The number of benzene rings is 1. The number of pyridine rings is 1. The molecule has 1 saturated heterocycles. The third kappa shape index (κ3) is 5.50. The zero-order chi connectivity index (χ0) is 21.6. The van der Waals surface area contributed by atoms with Crippen LogP contribution in [0.1, 0.15) is 12.8 Å². The first kappa shape index (κ1) is 21.1. The minimum atomic E-state index is -0.864. The summed E-state index contributed by atoms with van der Waals surface area (Å²) >= 11 is 0. The molecule has 2 aromatic heterocycles. The summed E-state index contributed by atoms with van der Waals surface area (Å²) in [5.74, 6) is 1.82. The second-order valence-electron chi connectivity index (χ2n) is 7.87. The summed E-state index contributed by atoms with van der Waals surface area (Å²) in [6.07, 6.45) is 3.24. The molecule has 9 nitrogen and oxygen atoms in total. The summed E-state index contributed by atoms with van der Waals surface area (Å²) in [4.78, 5) is 28.3. The Hall–Kier alpha value is -3.17. The summed E-state index contributed by atoms with van der Waals surface area (Å²) in [5.41, 5.74) is 7.30. The van der Waals surface area contributed by atoms with Gasteiger partial charge in [-0.1, -0.05) is 6.07 Å². The van der Waals surface area contributed by atoms with E-state index in [-0.39, 0.29) is 0 Å². The zero-order valence-electron chi connectivity index (χ0n) is 17.8. The second kappa shape index (κ2) is 9.76. The number of fused-ring (bicyclic) bond motifs is 1. The average Bonchev–Trinajstić information content (AvgIpc) is 3.09. The van der Waals surface area contributed by atoms with Gasteiger partial charge in [-0.05, 0) is 63.8 Å². The lowest BCUT2D eigenvalue weighted by atomic mass is 10.2. The normalized spacial score (nSPS) is 15.6. The van der Waals surface area contributed by atoms with Crippen molar-refractivity contribution in [2.45, 2.75) is 12.8 Å². The number of rotatable bonds is 7. The number of ether oxygens (including phenoxy) is 1. The van der Waals surface area contributed by atoms with Crippen molar-refractivity contribution in [2.75, 3.05) is 51.6 Å². The van der Waals surface area contributed by atoms with Gasteiger partial charge >= 0.3 is 6.09 Å². The van der Waals surface area contributed by atoms with Gasteiger partial charge in [-0.15, -0.1) is 0 Å². The van der Waals surface area contributed by atoms with Crippen molar-refractivity contribution >= 4 is 22.9 Å². The van der Waals surface area contributed by atoms with Crippen molar-refractivity contribution in [1.82, 2.24) is 24.8 Å². The molecule has 3 heterocycles. The fourth-order valence-corrected chi connectivity index (χ4v) is 3.81. The van der Waals surface area contributed by atoms with E-state index >= 15 is 0 Å². The van der Waals surface area contributed by atoms with Crippen LogP contribution in [-0.2, 0) is 0 Å². The maximum absolute atomic E-state index is 11.1. The van der Waals surface area contributed by atoms with Crippen LogP contribution in [-0.4, -0.2) is 77.2 Å². The molecule has 9 heteroatoms. The third-order valence-electron chi connectivity index (χ3n) is 5.49. The highest BCUT2D eigenvalue weighted by atomic mass is 16.5. The van der Waals surface area contributed by atoms with Crippen LogP contribution >= 0.6 is 0 Å². The molecule has 1 aliphatic heterocycles. The van der Waals surface area contributed by atoms with Crippen LogP contribution in [0.3, 0.4) is 0 Å². The molecule has 0 bridgehead atoms. The highest BCUT2D eigenvalue weighted by Gasteiger charge is 2.13. The fraction of sp³-hybridized carbons (Fsp3) is 0.409. The van der Waals surface area contributed by atoms with Crippen molar-refractivity contribution < 1.29 is 9.53 Å². The highest BCUT2D eigenvalue weighted by molar-refractivity contribution is 5.87. The van der Waals surface area contributed by atoms with E-state index in [1.54, 1.807) is 18.3 Å². The Morgan fingerprint density at radius 2 is 2.13 bits per heavy atom. The number of H-pyrrole nitrogens is 1. The molecule has 1 aromatic carbocycles. The highest BCUT2D eigenvalue weighted by Crippen LogP contribution is 2.27. The number of primary amides is 1. The van der Waals surface area contributed by atoms with Crippen LogP contribution < -0.4 is 15.8 Å². The van der Waals surface area contributed by atoms with Gasteiger partial charge in [0.25, 0.3) is 0 Å². The number of carbonyl (C=O) groups is 1. The van der Waals surface area contributed by atoms with E-state index < -0.39 is 6.09 Å². The predicted octanol–water partition coefficient (Wildman–Crippen LogP) is 2.52. The lowest BCUT2D eigenvalue weighted by molar-refractivity contribution is 0.211. The first-order chi connectivity index (χ1) is 15.1. The number of para-hydroxylation sites is 1. The van der Waals surface area contributed by atoms with Gasteiger partial charge in [0, 0.05) is 31.4 Å². The van der Waals surface area contributed by atoms with Crippen LogP contribution in [0.5, 0.6) is 5.75 Å². The number of nitrogens with zero attached hydrogens (tertiary/aromatic N) is 4. The van der Waals surface area contributed by atoms with Gasteiger partial charge in [0.05, 0.1) is 5.52 Å². The van der Waals surface area contributed by atoms with Gasteiger partial charge < -0.3 is 30.6 Å². The van der Waals surface area contributed by atoms with Crippen LogP contribution in [0.25, 0.3) is 22.4 Å².